The van der Waals surface area contributed by atoms with Gasteiger partial charge in [-0.1, -0.05) is 39.3 Å². The molecule has 2 aliphatic rings. The van der Waals surface area contributed by atoms with Crippen LogP contribution in [0.4, 0.5) is 18.4 Å². The van der Waals surface area contributed by atoms with E-state index in [9.17, 15) is 9.59 Å². The molecule has 0 saturated carbocycles. The Morgan fingerprint density at radius 2 is 1.17 bits per heavy atom. The van der Waals surface area contributed by atoms with Gasteiger partial charge in [-0.2, -0.15) is 0 Å². The fraction of sp³-hybridized carbons (Fsp3) is 0.574. The SMILES string of the molecule is CC(C)OC(=O)N1CCC[C@H]1c1nc2cc(-c3ccc(-c4cc5nc([C@@H]6CCCN6C(=O)OC(C)(C)C)n(COCC[Si](C)(C)C)c5cc4F)o3)c(F)cc2n1COCC[Si](C)(C)C. The van der Waals surface area contributed by atoms with Gasteiger partial charge in [0.2, 0.25) is 0 Å². The fourth-order valence-corrected chi connectivity index (χ4v) is 9.79. The van der Waals surface area contributed by atoms with Crippen molar-refractivity contribution in [3.05, 3.63) is 59.7 Å². The molecular formula is C47H66F2N6O7Si2. The van der Waals surface area contributed by atoms with E-state index >= 15 is 8.78 Å². The summed E-state index contributed by atoms with van der Waals surface area (Å²) in [6, 6.07) is 10.5. The Morgan fingerprint density at radius 3 is 1.58 bits per heavy atom. The van der Waals surface area contributed by atoms with Crippen LogP contribution in [-0.2, 0) is 32.4 Å². The summed E-state index contributed by atoms with van der Waals surface area (Å²) in [7, 11) is -2.76. The minimum absolute atomic E-state index is 0.142. The minimum Gasteiger partial charge on any atom is -0.456 e. The van der Waals surface area contributed by atoms with E-state index < -0.39 is 51.6 Å². The molecule has 0 radical (unpaired) electrons. The molecule has 5 aromatic rings. The number of ether oxygens (including phenoxy) is 4. The molecule has 13 nitrogen and oxygen atoms in total. The van der Waals surface area contributed by atoms with Crippen molar-refractivity contribution in [2.24, 2.45) is 0 Å². The maximum absolute atomic E-state index is 16.4. The zero-order valence-corrected chi connectivity index (χ0v) is 41.5. The van der Waals surface area contributed by atoms with Crippen molar-refractivity contribution in [2.75, 3.05) is 26.3 Å². The molecule has 5 heterocycles. The number of halogens is 2. The van der Waals surface area contributed by atoms with E-state index in [-0.39, 0.29) is 48.3 Å². The maximum Gasteiger partial charge on any atom is 0.410 e. The van der Waals surface area contributed by atoms with Gasteiger partial charge < -0.3 is 32.5 Å². The Kier molecular flexibility index (Phi) is 13.9. The van der Waals surface area contributed by atoms with Gasteiger partial charge in [-0.3, -0.25) is 9.80 Å². The van der Waals surface area contributed by atoms with Crippen LogP contribution in [0, 0.1) is 11.6 Å². The molecule has 7 rings (SSSR count). The molecule has 2 fully saturated rings. The summed E-state index contributed by atoms with van der Waals surface area (Å²) < 4.78 is 66.5. The minimum atomic E-state index is -1.38. The van der Waals surface area contributed by atoms with Crippen molar-refractivity contribution >= 4 is 50.4 Å². The van der Waals surface area contributed by atoms with Crippen molar-refractivity contribution in [3.63, 3.8) is 0 Å². The first-order valence-corrected chi connectivity index (χ1v) is 30.1. The first-order chi connectivity index (χ1) is 30.1. The monoisotopic (exact) mass is 920 g/mol. The molecule has 0 bridgehead atoms. The lowest BCUT2D eigenvalue weighted by Crippen LogP contribution is -2.37. The second kappa shape index (κ2) is 18.7. The topological polar surface area (TPSA) is 126 Å². The lowest BCUT2D eigenvalue weighted by Gasteiger charge is -2.28. The molecule has 64 heavy (non-hydrogen) atoms. The van der Waals surface area contributed by atoms with Crippen LogP contribution in [0.3, 0.4) is 0 Å². The van der Waals surface area contributed by atoms with Gasteiger partial charge in [0.25, 0.3) is 0 Å². The summed E-state index contributed by atoms with van der Waals surface area (Å²) in [4.78, 5) is 40.0. The molecule has 17 heteroatoms. The van der Waals surface area contributed by atoms with Crippen molar-refractivity contribution in [1.82, 2.24) is 28.9 Å². The number of amides is 2. The maximum atomic E-state index is 16.4. The Labute approximate surface area is 377 Å². The molecule has 2 saturated heterocycles. The van der Waals surface area contributed by atoms with Crippen molar-refractivity contribution in [1.29, 1.82) is 0 Å². The van der Waals surface area contributed by atoms with Crippen LogP contribution in [0.25, 0.3) is 44.7 Å². The average Bonchev–Trinajstić information content (AvgIpc) is 4.03. The van der Waals surface area contributed by atoms with Gasteiger partial charge in [0.1, 0.15) is 53.9 Å². The first-order valence-electron chi connectivity index (χ1n) is 22.7. The standard InChI is InChI=1S/C47H66F2N6O7Si2/c1-30(2)60-45(56)52-18-12-14-37(52)43-50-35-24-31(33(48)26-39(35)54(43)28-58-20-22-63(6,7)8)41-16-17-42(61-41)32-25-36-40(27-34(32)49)55(29-59-21-23-64(9,10)11)44(51-36)38-15-13-19-53(38)46(57)62-47(3,4)5/h16-17,24-27,30,37-38H,12-15,18-23,28-29H2,1-11H3/t37-,38-/m0/s1. The summed E-state index contributed by atoms with van der Waals surface area (Å²) in [5.41, 5.74) is 1.70. The number of carbonyl (C=O) groups is 2. The van der Waals surface area contributed by atoms with Crippen LogP contribution in [0.5, 0.6) is 0 Å². The summed E-state index contributed by atoms with van der Waals surface area (Å²) in [5, 5.41) is 0. The van der Waals surface area contributed by atoms with E-state index in [0.29, 0.717) is 72.9 Å². The average molecular weight is 921 g/mol. The summed E-state index contributed by atoms with van der Waals surface area (Å²) in [5.74, 6) is 0.478. The van der Waals surface area contributed by atoms with Gasteiger partial charge in [0, 0.05) is 54.6 Å². The molecule has 348 valence electrons. The molecule has 0 unspecified atom stereocenters. The van der Waals surface area contributed by atoms with E-state index in [1.54, 1.807) is 34.1 Å². The van der Waals surface area contributed by atoms with E-state index in [4.69, 9.17) is 33.3 Å². The smallest absolute Gasteiger partial charge is 0.410 e. The third-order valence-electron chi connectivity index (χ3n) is 11.6. The van der Waals surface area contributed by atoms with Gasteiger partial charge in [0.05, 0.1) is 51.4 Å². The van der Waals surface area contributed by atoms with Crippen LogP contribution in [0.15, 0.2) is 40.8 Å². The normalized spacial score (nSPS) is 17.5. The number of hydrogen-bond acceptors (Lipinski definition) is 9. The molecule has 2 amide bonds. The molecule has 2 aromatic carbocycles. The molecule has 0 N–H and O–H groups in total. The van der Waals surface area contributed by atoms with Crippen LogP contribution in [0.1, 0.15) is 84.0 Å². The number of nitrogens with zero attached hydrogens (tertiary/aromatic N) is 6. The second-order valence-corrected chi connectivity index (χ2v) is 32.2. The van der Waals surface area contributed by atoms with Gasteiger partial charge >= 0.3 is 12.2 Å². The highest BCUT2D eigenvalue weighted by Gasteiger charge is 2.38. The number of imidazole rings is 2. The molecular weight excluding hydrogens is 855 g/mol. The Morgan fingerprint density at radius 1 is 0.734 bits per heavy atom. The third kappa shape index (κ3) is 10.9. The van der Waals surface area contributed by atoms with Crippen molar-refractivity contribution in [3.8, 4) is 22.6 Å². The zero-order valence-electron chi connectivity index (χ0n) is 39.5. The molecule has 3 aromatic heterocycles. The predicted octanol–water partition coefficient (Wildman–Crippen LogP) is 12.0. The molecule has 0 aliphatic carbocycles. The molecule has 2 atom stereocenters. The largest absolute Gasteiger partial charge is 0.456 e. The van der Waals surface area contributed by atoms with E-state index in [1.165, 1.54) is 12.1 Å². The number of rotatable bonds is 15. The fourth-order valence-electron chi connectivity index (χ4n) is 8.28. The van der Waals surface area contributed by atoms with Crippen molar-refractivity contribution in [2.45, 2.75) is 149 Å². The van der Waals surface area contributed by atoms with Gasteiger partial charge in [0.15, 0.2) is 0 Å². The Bertz CT molecular complexity index is 2480. The Balaban J connectivity index is 1.23. The number of furan rings is 1. The Hall–Kier alpha value is -4.59. The number of benzene rings is 2. The number of hydrogen-bond donors (Lipinski definition) is 0. The summed E-state index contributed by atoms with van der Waals surface area (Å²) >= 11 is 0. The second-order valence-electron chi connectivity index (χ2n) is 20.9. The summed E-state index contributed by atoms with van der Waals surface area (Å²) in [6.07, 6.45) is 1.76. The lowest BCUT2D eigenvalue weighted by atomic mass is 10.1. The lowest BCUT2D eigenvalue weighted by molar-refractivity contribution is 0.0205. The highest BCUT2D eigenvalue weighted by atomic mass is 28.3. The van der Waals surface area contributed by atoms with Crippen LogP contribution in [0.2, 0.25) is 51.4 Å². The van der Waals surface area contributed by atoms with E-state index in [0.717, 1.165) is 24.9 Å². The van der Waals surface area contributed by atoms with Crippen LogP contribution >= 0.6 is 0 Å². The van der Waals surface area contributed by atoms with Gasteiger partial charge in [-0.25, -0.2) is 28.3 Å². The van der Waals surface area contributed by atoms with E-state index in [1.807, 2.05) is 43.8 Å². The highest BCUT2D eigenvalue weighted by Crippen LogP contribution is 2.40. The van der Waals surface area contributed by atoms with Crippen LogP contribution < -0.4 is 0 Å². The molecule has 2 aliphatic heterocycles. The van der Waals surface area contributed by atoms with E-state index in [2.05, 4.69) is 39.3 Å². The number of likely N-dealkylation sites (tertiary alicyclic amines) is 2. The van der Waals surface area contributed by atoms with Crippen LogP contribution in [-0.4, -0.2) is 95.2 Å². The highest BCUT2D eigenvalue weighted by molar-refractivity contribution is 6.76. The number of fused-ring (bicyclic) bond motifs is 2. The summed E-state index contributed by atoms with van der Waals surface area (Å²) in [6.45, 7) is 25.3. The van der Waals surface area contributed by atoms with Gasteiger partial charge in [-0.15, -0.1) is 0 Å². The third-order valence-corrected chi connectivity index (χ3v) is 15.0. The number of aromatic nitrogens is 4. The first kappa shape index (κ1) is 47.4. The van der Waals surface area contributed by atoms with Crippen molar-refractivity contribution < 1.29 is 41.7 Å². The number of carbonyl (C=O) groups excluding carboxylic acids is 2. The molecule has 0 spiro atoms. The quantitative estimate of drug-likeness (QED) is 0.0745. The zero-order chi connectivity index (χ0) is 46.3. The van der Waals surface area contributed by atoms with Gasteiger partial charge in [-0.05, 0) is 96.7 Å². The predicted molar refractivity (Wildman–Crippen MR) is 250 cm³/mol.